The molecular weight excluding hydrogens is 286 g/mol. The third-order valence-electron chi connectivity index (χ3n) is 3.59. The molecule has 0 spiro atoms. The van der Waals surface area contributed by atoms with Gasteiger partial charge in [0.15, 0.2) is 0 Å². The predicted molar refractivity (Wildman–Crippen MR) is 94.6 cm³/mol. The molecule has 0 saturated heterocycles. The molecule has 2 aromatic carbocycles. The second kappa shape index (κ2) is 9.13. The van der Waals surface area contributed by atoms with Crippen molar-refractivity contribution in [1.29, 1.82) is 0 Å². The van der Waals surface area contributed by atoms with Crippen molar-refractivity contribution in [3.8, 4) is 5.75 Å². The summed E-state index contributed by atoms with van der Waals surface area (Å²) in [6.45, 7) is 5.42. The largest absolute Gasteiger partial charge is 0.491 e. The minimum Gasteiger partial charge on any atom is -0.491 e. The molecule has 1 N–H and O–H groups in total. The van der Waals surface area contributed by atoms with E-state index in [2.05, 4.69) is 23.6 Å². The Hall–Kier alpha value is -2.10. The Balaban J connectivity index is 1.80. The van der Waals surface area contributed by atoms with Crippen LogP contribution in [0.25, 0.3) is 0 Å². The summed E-state index contributed by atoms with van der Waals surface area (Å²) in [6.07, 6.45) is 2.09. The van der Waals surface area contributed by atoms with Gasteiger partial charge in [-0.1, -0.05) is 54.6 Å². The highest BCUT2D eigenvalue weighted by atomic mass is 16.5. The van der Waals surface area contributed by atoms with Crippen LogP contribution in [-0.4, -0.2) is 36.3 Å². The molecule has 0 radical (unpaired) electrons. The number of allylic oxidation sites excluding steroid dienone is 1. The van der Waals surface area contributed by atoms with Crippen molar-refractivity contribution in [2.24, 2.45) is 0 Å². The normalized spacial score (nSPS) is 12.1. The maximum Gasteiger partial charge on any atom is 0.122 e. The highest BCUT2D eigenvalue weighted by Gasteiger charge is 2.11. The molecule has 0 heterocycles. The van der Waals surface area contributed by atoms with Gasteiger partial charge in [-0.2, -0.15) is 0 Å². The monoisotopic (exact) mass is 311 g/mol. The molecule has 122 valence electrons. The number of likely N-dealkylation sites (N-methyl/N-ethyl adjacent to an activating group) is 1. The number of ether oxygens (including phenoxy) is 1. The first-order valence-electron chi connectivity index (χ1n) is 7.91. The first kappa shape index (κ1) is 17.3. The van der Waals surface area contributed by atoms with Crippen LogP contribution >= 0.6 is 0 Å². The van der Waals surface area contributed by atoms with Crippen LogP contribution in [0.2, 0.25) is 0 Å². The van der Waals surface area contributed by atoms with Crippen LogP contribution in [0.3, 0.4) is 0 Å². The minimum atomic E-state index is -0.527. The van der Waals surface area contributed by atoms with E-state index >= 15 is 0 Å². The quantitative estimate of drug-likeness (QED) is 0.721. The lowest BCUT2D eigenvalue weighted by atomic mass is 10.1. The Morgan fingerprint density at radius 2 is 1.83 bits per heavy atom. The Morgan fingerprint density at radius 1 is 1.13 bits per heavy atom. The standard InChI is InChI=1S/C20H25NO2/c1-3-9-18-12-7-8-13-20(18)23-16-19(22)15-21(2)14-17-10-5-4-6-11-17/h3-8,10-13,19,22H,1,9,14-16H2,2H3. The van der Waals surface area contributed by atoms with Crippen molar-refractivity contribution in [1.82, 2.24) is 4.90 Å². The number of aliphatic hydroxyl groups is 1. The van der Waals surface area contributed by atoms with E-state index in [1.54, 1.807) is 0 Å². The van der Waals surface area contributed by atoms with Crippen LogP contribution in [0.1, 0.15) is 11.1 Å². The third kappa shape index (κ3) is 5.89. The van der Waals surface area contributed by atoms with Crippen LogP contribution < -0.4 is 4.74 Å². The molecule has 0 fully saturated rings. The number of nitrogens with zero attached hydrogens (tertiary/aromatic N) is 1. The molecule has 0 aliphatic carbocycles. The topological polar surface area (TPSA) is 32.7 Å². The van der Waals surface area contributed by atoms with Gasteiger partial charge in [0, 0.05) is 13.1 Å². The van der Waals surface area contributed by atoms with Gasteiger partial charge in [0.25, 0.3) is 0 Å². The molecule has 0 amide bonds. The fourth-order valence-electron chi connectivity index (χ4n) is 2.53. The highest BCUT2D eigenvalue weighted by molar-refractivity contribution is 5.34. The summed E-state index contributed by atoms with van der Waals surface area (Å²) in [4.78, 5) is 2.10. The van der Waals surface area contributed by atoms with Gasteiger partial charge < -0.3 is 9.84 Å². The first-order valence-corrected chi connectivity index (χ1v) is 7.91. The van der Waals surface area contributed by atoms with E-state index in [9.17, 15) is 5.11 Å². The Bertz CT molecular complexity index is 598. The predicted octanol–water partition coefficient (Wildman–Crippen LogP) is 3.29. The fourth-order valence-corrected chi connectivity index (χ4v) is 2.53. The van der Waals surface area contributed by atoms with Gasteiger partial charge in [0.2, 0.25) is 0 Å². The van der Waals surface area contributed by atoms with Gasteiger partial charge in [-0.3, -0.25) is 4.90 Å². The van der Waals surface area contributed by atoms with Crippen molar-refractivity contribution in [3.05, 3.63) is 78.4 Å². The number of para-hydroxylation sites is 1. The Labute approximate surface area is 138 Å². The lowest BCUT2D eigenvalue weighted by molar-refractivity contribution is 0.0741. The smallest absolute Gasteiger partial charge is 0.122 e. The van der Waals surface area contributed by atoms with Crippen molar-refractivity contribution in [2.45, 2.75) is 19.1 Å². The number of benzene rings is 2. The molecule has 0 aromatic heterocycles. The van der Waals surface area contributed by atoms with Gasteiger partial charge in [-0.15, -0.1) is 6.58 Å². The first-order chi connectivity index (χ1) is 11.2. The lowest BCUT2D eigenvalue weighted by Crippen LogP contribution is -2.32. The van der Waals surface area contributed by atoms with E-state index in [0.717, 1.165) is 24.3 Å². The number of aliphatic hydroxyl groups excluding tert-OH is 1. The number of rotatable bonds is 9. The molecule has 3 heteroatoms. The number of hydrogen-bond acceptors (Lipinski definition) is 3. The van der Waals surface area contributed by atoms with E-state index in [-0.39, 0.29) is 6.61 Å². The maximum absolute atomic E-state index is 10.2. The van der Waals surface area contributed by atoms with E-state index in [4.69, 9.17) is 4.74 Å². The molecule has 0 bridgehead atoms. The summed E-state index contributed by atoms with van der Waals surface area (Å²) in [5.41, 5.74) is 2.33. The van der Waals surface area contributed by atoms with Crippen molar-refractivity contribution in [2.75, 3.05) is 20.2 Å². The molecule has 1 unspecified atom stereocenters. The van der Waals surface area contributed by atoms with E-state index in [1.165, 1.54) is 5.56 Å². The summed E-state index contributed by atoms with van der Waals surface area (Å²) < 4.78 is 5.78. The summed E-state index contributed by atoms with van der Waals surface area (Å²) in [6, 6.07) is 18.1. The van der Waals surface area contributed by atoms with Crippen LogP contribution in [0.4, 0.5) is 0 Å². The molecule has 0 saturated carbocycles. The minimum absolute atomic E-state index is 0.285. The summed E-state index contributed by atoms with van der Waals surface area (Å²) in [5, 5.41) is 10.2. The molecule has 2 aromatic rings. The molecule has 3 nitrogen and oxygen atoms in total. The van der Waals surface area contributed by atoms with Crippen LogP contribution in [0.15, 0.2) is 67.3 Å². The number of hydrogen-bond donors (Lipinski definition) is 1. The zero-order valence-electron chi connectivity index (χ0n) is 13.7. The molecule has 0 aliphatic heterocycles. The second-order valence-corrected chi connectivity index (χ2v) is 5.75. The Morgan fingerprint density at radius 3 is 2.57 bits per heavy atom. The maximum atomic E-state index is 10.2. The zero-order chi connectivity index (χ0) is 16.5. The van der Waals surface area contributed by atoms with E-state index in [0.29, 0.717) is 6.54 Å². The summed E-state index contributed by atoms with van der Waals surface area (Å²) in [5.74, 6) is 0.817. The zero-order valence-corrected chi connectivity index (χ0v) is 13.7. The third-order valence-corrected chi connectivity index (χ3v) is 3.59. The van der Waals surface area contributed by atoms with Crippen LogP contribution in [0.5, 0.6) is 5.75 Å². The fraction of sp³-hybridized carbons (Fsp3) is 0.300. The summed E-state index contributed by atoms with van der Waals surface area (Å²) >= 11 is 0. The van der Waals surface area contributed by atoms with Gasteiger partial charge in [-0.05, 0) is 30.7 Å². The van der Waals surface area contributed by atoms with Crippen LogP contribution in [0, 0.1) is 0 Å². The molecule has 2 rings (SSSR count). The summed E-state index contributed by atoms with van der Waals surface area (Å²) in [7, 11) is 2.00. The molecule has 1 atom stereocenters. The van der Waals surface area contributed by atoms with Crippen molar-refractivity contribution in [3.63, 3.8) is 0 Å². The van der Waals surface area contributed by atoms with Gasteiger partial charge in [0.05, 0.1) is 0 Å². The average Bonchev–Trinajstić information content (AvgIpc) is 2.55. The lowest BCUT2D eigenvalue weighted by Gasteiger charge is -2.21. The van der Waals surface area contributed by atoms with Gasteiger partial charge in [0.1, 0.15) is 18.5 Å². The van der Waals surface area contributed by atoms with Gasteiger partial charge in [-0.25, -0.2) is 0 Å². The van der Waals surface area contributed by atoms with Crippen LogP contribution in [-0.2, 0) is 13.0 Å². The van der Waals surface area contributed by atoms with Crippen molar-refractivity contribution >= 4 is 0 Å². The highest BCUT2D eigenvalue weighted by Crippen LogP contribution is 2.19. The van der Waals surface area contributed by atoms with E-state index in [1.807, 2.05) is 55.6 Å². The SMILES string of the molecule is C=CCc1ccccc1OCC(O)CN(C)Cc1ccccc1. The molecular formula is C20H25NO2. The average molecular weight is 311 g/mol. The van der Waals surface area contributed by atoms with E-state index < -0.39 is 6.10 Å². The van der Waals surface area contributed by atoms with Gasteiger partial charge >= 0.3 is 0 Å². The Kier molecular flexibility index (Phi) is 6.85. The molecule has 23 heavy (non-hydrogen) atoms. The second-order valence-electron chi connectivity index (χ2n) is 5.75. The van der Waals surface area contributed by atoms with Crippen molar-refractivity contribution < 1.29 is 9.84 Å². The molecule has 0 aliphatic rings.